The van der Waals surface area contributed by atoms with Crippen LogP contribution in [0.25, 0.3) is 0 Å². The van der Waals surface area contributed by atoms with Gasteiger partial charge in [-0.15, -0.1) is 0 Å². The standard InChI is InChI=1S/C24H19N3O4/c28-23-22(26-19-13-11-18(12-14-19)24(29)30)21(31-20-9-5-2-6-10-20)15-25-27(23)16-17-7-3-1-4-8-17/h1-15,26H,16H2,(H,29,30). The van der Waals surface area contributed by atoms with Gasteiger partial charge >= 0.3 is 5.97 Å². The van der Waals surface area contributed by atoms with Crippen molar-refractivity contribution in [1.29, 1.82) is 0 Å². The van der Waals surface area contributed by atoms with Gasteiger partial charge in [-0.25, -0.2) is 9.48 Å². The second-order valence-electron chi connectivity index (χ2n) is 6.75. The lowest BCUT2D eigenvalue weighted by atomic mass is 10.2. The summed E-state index contributed by atoms with van der Waals surface area (Å²) in [5.41, 5.74) is 1.49. The number of hydrogen-bond acceptors (Lipinski definition) is 5. The molecule has 0 atom stereocenters. The van der Waals surface area contributed by atoms with Gasteiger partial charge in [-0.3, -0.25) is 4.79 Å². The monoisotopic (exact) mass is 413 g/mol. The SMILES string of the molecule is O=C(O)c1ccc(Nc2c(Oc3ccccc3)cnn(Cc3ccccc3)c2=O)cc1. The van der Waals surface area contributed by atoms with E-state index >= 15 is 0 Å². The minimum Gasteiger partial charge on any atom is -0.478 e. The highest BCUT2D eigenvalue weighted by Crippen LogP contribution is 2.28. The van der Waals surface area contributed by atoms with E-state index in [1.54, 1.807) is 24.3 Å². The van der Waals surface area contributed by atoms with E-state index in [4.69, 9.17) is 9.84 Å². The van der Waals surface area contributed by atoms with Gasteiger partial charge in [0, 0.05) is 5.69 Å². The lowest BCUT2D eigenvalue weighted by Crippen LogP contribution is -2.26. The number of para-hydroxylation sites is 1. The topological polar surface area (TPSA) is 93.4 Å². The highest BCUT2D eigenvalue weighted by molar-refractivity contribution is 5.88. The fourth-order valence-corrected chi connectivity index (χ4v) is 2.99. The van der Waals surface area contributed by atoms with Crippen molar-refractivity contribution < 1.29 is 14.6 Å². The Bertz CT molecular complexity index is 1240. The van der Waals surface area contributed by atoms with Crippen molar-refractivity contribution in [2.45, 2.75) is 6.54 Å². The molecule has 0 spiro atoms. The Morgan fingerprint density at radius 1 is 0.935 bits per heavy atom. The van der Waals surface area contributed by atoms with Gasteiger partial charge in [0.1, 0.15) is 5.75 Å². The van der Waals surface area contributed by atoms with E-state index in [1.807, 2.05) is 48.5 Å². The summed E-state index contributed by atoms with van der Waals surface area (Å²) in [5.74, 6) is -0.189. The number of hydrogen-bond donors (Lipinski definition) is 2. The molecule has 0 bridgehead atoms. The van der Waals surface area contributed by atoms with Crippen molar-refractivity contribution in [3.63, 3.8) is 0 Å². The van der Waals surface area contributed by atoms with Gasteiger partial charge in [-0.05, 0) is 42.0 Å². The molecule has 0 amide bonds. The smallest absolute Gasteiger partial charge is 0.335 e. The number of benzene rings is 3. The molecule has 7 nitrogen and oxygen atoms in total. The van der Waals surface area contributed by atoms with Gasteiger partial charge in [-0.1, -0.05) is 48.5 Å². The maximum absolute atomic E-state index is 13.2. The largest absolute Gasteiger partial charge is 0.478 e. The first kappa shape index (κ1) is 19.9. The lowest BCUT2D eigenvalue weighted by molar-refractivity contribution is 0.0697. The summed E-state index contributed by atoms with van der Waals surface area (Å²) in [7, 11) is 0. The minimum absolute atomic E-state index is 0.155. The third-order valence-corrected chi connectivity index (χ3v) is 4.56. The number of anilines is 2. The predicted octanol–water partition coefficient (Wildman–Crippen LogP) is 4.53. The number of carboxylic acid groups (broad SMARTS) is 1. The van der Waals surface area contributed by atoms with E-state index in [2.05, 4.69) is 10.4 Å². The van der Waals surface area contributed by atoms with Crippen LogP contribution < -0.4 is 15.6 Å². The second kappa shape index (κ2) is 8.96. The summed E-state index contributed by atoms with van der Waals surface area (Å²) >= 11 is 0. The summed E-state index contributed by atoms with van der Waals surface area (Å²) in [6, 6.07) is 24.7. The Kier molecular flexibility index (Phi) is 5.75. The normalized spacial score (nSPS) is 10.5. The van der Waals surface area contributed by atoms with Crippen LogP contribution in [0.1, 0.15) is 15.9 Å². The van der Waals surface area contributed by atoms with Crippen LogP contribution >= 0.6 is 0 Å². The zero-order chi connectivity index (χ0) is 21.6. The first-order valence-corrected chi connectivity index (χ1v) is 9.57. The highest BCUT2D eigenvalue weighted by Gasteiger charge is 2.15. The molecule has 1 heterocycles. The lowest BCUT2D eigenvalue weighted by Gasteiger charge is -2.14. The Morgan fingerprint density at radius 3 is 2.23 bits per heavy atom. The summed E-state index contributed by atoms with van der Waals surface area (Å²) in [6.45, 7) is 0.303. The van der Waals surface area contributed by atoms with E-state index in [9.17, 15) is 9.59 Å². The third kappa shape index (κ3) is 4.79. The van der Waals surface area contributed by atoms with Crippen molar-refractivity contribution in [3.8, 4) is 11.5 Å². The third-order valence-electron chi connectivity index (χ3n) is 4.56. The molecule has 2 N–H and O–H groups in total. The maximum Gasteiger partial charge on any atom is 0.335 e. The molecule has 31 heavy (non-hydrogen) atoms. The molecule has 4 aromatic rings. The molecule has 7 heteroatoms. The molecule has 1 aromatic heterocycles. The van der Waals surface area contributed by atoms with Gasteiger partial charge in [0.2, 0.25) is 0 Å². The van der Waals surface area contributed by atoms with E-state index in [-0.39, 0.29) is 22.6 Å². The van der Waals surface area contributed by atoms with Gasteiger partial charge in [-0.2, -0.15) is 5.10 Å². The molecular weight excluding hydrogens is 394 g/mol. The van der Waals surface area contributed by atoms with Crippen LogP contribution in [0.4, 0.5) is 11.4 Å². The van der Waals surface area contributed by atoms with Crippen LogP contribution in [0.3, 0.4) is 0 Å². The fourth-order valence-electron chi connectivity index (χ4n) is 2.99. The van der Waals surface area contributed by atoms with Crippen LogP contribution in [-0.2, 0) is 6.54 Å². The number of ether oxygens (including phenoxy) is 1. The summed E-state index contributed by atoms with van der Waals surface area (Å²) in [5, 5.41) is 16.4. The molecule has 0 saturated carbocycles. The molecule has 3 aromatic carbocycles. The van der Waals surface area contributed by atoms with Crippen LogP contribution in [0.15, 0.2) is 95.9 Å². The minimum atomic E-state index is -1.02. The van der Waals surface area contributed by atoms with Crippen molar-refractivity contribution in [2.24, 2.45) is 0 Å². The molecule has 4 rings (SSSR count). The highest BCUT2D eigenvalue weighted by atomic mass is 16.5. The van der Waals surface area contributed by atoms with Crippen LogP contribution in [-0.4, -0.2) is 20.9 Å². The Labute approximate surface area is 178 Å². The van der Waals surface area contributed by atoms with Crippen LogP contribution in [0, 0.1) is 0 Å². The number of nitrogens with one attached hydrogen (secondary N) is 1. The average Bonchev–Trinajstić information content (AvgIpc) is 2.80. The average molecular weight is 413 g/mol. The summed E-state index contributed by atoms with van der Waals surface area (Å²) in [4.78, 5) is 24.3. The molecule has 0 radical (unpaired) electrons. The predicted molar refractivity (Wildman–Crippen MR) is 117 cm³/mol. The molecule has 0 unspecified atom stereocenters. The first-order valence-electron chi connectivity index (χ1n) is 9.57. The Balaban J connectivity index is 1.71. The maximum atomic E-state index is 13.2. The Morgan fingerprint density at radius 2 is 1.58 bits per heavy atom. The van der Waals surface area contributed by atoms with Crippen molar-refractivity contribution in [3.05, 3.63) is 113 Å². The zero-order valence-electron chi connectivity index (χ0n) is 16.4. The first-order chi connectivity index (χ1) is 15.1. The van der Waals surface area contributed by atoms with E-state index in [0.29, 0.717) is 18.0 Å². The van der Waals surface area contributed by atoms with Crippen LogP contribution in [0.5, 0.6) is 11.5 Å². The van der Waals surface area contributed by atoms with Gasteiger partial charge in [0.15, 0.2) is 11.4 Å². The number of aromatic carboxylic acids is 1. The molecule has 0 aliphatic rings. The second-order valence-corrected chi connectivity index (χ2v) is 6.75. The molecule has 0 fully saturated rings. The fraction of sp³-hybridized carbons (Fsp3) is 0.0417. The van der Waals surface area contributed by atoms with E-state index in [0.717, 1.165) is 5.56 Å². The number of carboxylic acids is 1. The molecule has 0 aliphatic carbocycles. The van der Waals surface area contributed by atoms with Crippen molar-refractivity contribution in [1.82, 2.24) is 9.78 Å². The number of carbonyl (C=O) groups is 1. The van der Waals surface area contributed by atoms with Crippen molar-refractivity contribution in [2.75, 3.05) is 5.32 Å². The molecule has 154 valence electrons. The summed E-state index contributed by atoms with van der Waals surface area (Å²) < 4.78 is 7.25. The Hall–Kier alpha value is -4.39. The number of nitrogens with zero attached hydrogens (tertiary/aromatic N) is 2. The molecule has 0 aliphatic heterocycles. The zero-order valence-corrected chi connectivity index (χ0v) is 16.4. The van der Waals surface area contributed by atoms with E-state index in [1.165, 1.54) is 23.0 Å². The van der Waals surface area contributed by atoms with Gasteiger partial charge in [0.05, 0.1) is 18.3 Å². The number of rotatable bonds is 7. The quantitative estimate of drug-likeness (QED) is 0.463. The van der Waals surface area contributed by atoms with E-state index < -0.39 is 5.97 Å². The summed E-state index contributed by atoms with van der Waals surface area (Å²) in [6.07, 6.45) is 1.49. The van der Waals surface area contributed by atoms with Gasteiger partial charge in [0.25, 0.3) is 5.56 Å². The molecule has 0 saturated heterocycles. The van der Waals surface area contributed by atoms with Gasteiger partial charge < -0.3 is 15.2 Å². The molecular formula is C24H19N3O4. The van der Waals surface area contributed by atoms with Crippen molar-refractivity contribution >= 4 is 17.3 Å². The van der Waals surface area contributed by atoms with Crippen LogP contribution in [0.2, 0.25) is 0 Å². The number of aromatic nitrogens is 2.